The van der Waals surface area contributed by atoms with Crippen LogP contribution in [0.5, 0.6) is 0 Å². The molecule has 1 fully saturated rings. The molecule has 1 amide bonds. The summed E-state index contributed by atoms with van der Waals surface area (Å²) in [5.41, 5.74) is 2.89. The number of likely N-dealkylation sites (tertiary alicyclic amines) is 1. The zero-order chi connectivity index (χ0) is 17.1. The molecular weight excluding hydrogens is 312 g/mol. The van der Waals surface area contributed by atoms with E-state index in [-0.39, 0.29) is 18.1 Å². The van der Waals surface area contributed by atoms with Crippen molar-refractivity contribution in [2.24, 2.45) is 5.16 Å². The number of rotatable bonds is 4. The van der Waals surface area contributed by atoms with Gasteiger partial charge in [-0.2, -0.15) is 0 Å². The summed E-state index contributed by atoms with van der Waals surface area (Å²) >= 11 is 0. The molecule has 2 aliphatic heterocycles. The molecule has 0 N–H and O–H groups in total. The van der Waals surface area contributed by atoms with Gasteiger partial charge >= 0.3 is 0 Å². The third-order valence-electron chi connectivity index (χ3n) is 5.04. The number of carbonyl (C=O) groups is 1. The van der Waals surface area contributed by atoms with Crippen molar-refractivity contribution >= 4 is 11.6 Å². The largest absolute Gasteiger partial charge is 0.387 e. The van der Waals surface area contributed by atoms with Crippen LogP contribution in [-0.2, 0) is 16.1 Å². The van der Waals surface area contributed by atoms with Crippen molar-refractivity contribution in [3.8, 4) is 0 Å². The molecule has 2 atom stereocenters. The van der Waals surface area contributed by atoms with Crippen LogP contribution in [0.4, 0.5) is 0 Å². The lowest BCUT2D eigenvalue weighted by atomic mass is 10.0. The van der Waals surface area contributed by atoms with Crippen molar-refractivity contribution in [1.29, 1.82) is 0 Å². The number of hydrogen-bond donors (Lipinski definition) is 0. The van der Waals surface area contributed by atoms with E-state index in [9.17, 15) is 4.79 Å². The highest BCUT2D eigenvalue weighted by Crippen LogP contribution is 2.29. The molecule has 4 rings (SSSR count). The second-order valence-electron chi connectivity index (χ2n) is 6.73. The maximum atomic E-state index is 12.9. The van der Waals surface area contributed by atoms with Crippen molar-refractivity contribution in [2.45, 2.75) is 37.8 Å². The Morgan fingerprint density at radius 1 is 1.08 bits per heavy atom. The van der Waals surface area contributed by atoms with E-state index in [1.807, 2.05) is 41.3 Å². The average molecular weight is 334 g/mol. The summed E-state index contributed by atoms with van der Waals surface area (Å²) < 4.78 is 0. The molecule has 4 nitrogen and oxygen atoms in total. The zero-order valence-electron chi connectivity index (χ0n) is 14.2. The van der Waals surface area contributed by atoms with Crippen LogP contribution in [0.1, 0.15) is 36.5 Å². The van der Waals surface area contributed by atoms with Crippen molar-refractivity contribution in [3.05, 3.63) is 71.8 Å². The normalized spacial score (nSPS) is 22.6. The molecule has 0 aromatic heterocycles. The molecule has 0 spiro atoms. The van der Waals surface area contributed by atoms with Crippen LogP contribution in [0.3, 0.4) is 0 Å². The summed E-state index contributed by atoms with van der Waals surface area (Å²) in [6.45, 7) is 0.811. The SMILES string of the molecule is O=C(C1=NO[C@@H](c2ccccc2)C1)N1CCC[C@@H]1Cc1ccccc1. The summed E-state index contributed by atoms with van der Waals surface area (Å²) in [5, 5.41) is 4.10. The van der Waals surface area contributed by atoms with E-state index in [1.54, 1.807) is 0 Å². The molecule has 0 unspecified atom stereocenters. The van der Waals surface area contributed by atoms with Crippen LogP contribution in [0.15, 0.2) is 65.8 Å². The minimum atomic E-state index is -0.143. The molecule has 1 saturated heterocycles. The predicted molar refractivity (Wildman–Crippen MR) is 97.2 cm³/mol. The van der Waals surface area contributed by atoms with Crippen LogP contribution >= 0.6 is 0 Å². The van der Waals surface area contributed by atoms with Gasteiger partial charge in [-0.15, -0.1) is 0 Å². The number of amides is 1. The van der Waals surface area contributed by atoms with Gasteiger partial charge in [-0.3, -0.25) is 4.79 Å². The Labute approximate surface area is 148 Å². The van der Waals surface area contributed by atoms with Gasteiger partial charge in [0.05, 0.1) is 0 Å². The Morgan fingerprint density at radius 2 is 1.80 bits per heavy atom. The predicted octanol–water partition coefficient (Wildman–Crippen LogP) is 3.74. The van der Waals surface area contributed by atoms with Gasteiger partial charge in [0.25, 0.3) is 5.91 Å². The number of oxime groups is 1. The first kappa shape index (κ1) is 15.9. The molecule has 0 aliphatic carbocycles. The third-order valence-corrected chi connectivity index (χ3v) is 5.04. The lowest BCUT2D eigenvalue weighted by Gasteiger charge is -2.24. The van der Waals surface area contributed by atoms with E-state index in [0.29, 0.717) is 12.1 Å². The molecule has 25 heavy (non-hydrogen) atoms. The van der Waals surface area contributed by atoms with E-state index >= 15 is 0 Å². The number of nitrogens with zero attached hydrogens (tertiary/aromatic N) is 2. The minimum Gasteiger partial charge on any atom is -0.387 e. The van der Waals surface area contributed by atoms with E-state index < -0.39 is 0 Å². The van der Waals surface area contributed by atoms with Gasteiger partial charge in [-0.1, -0.05) is 65.8 Å². The Morgan fingerprint density at radius 3 is 2.56 bits per heavy atom. The van der Waals surface area contributed by atoms with E-state index in [1.165, 1.54) is 5.56 Å². The Kier molecular flexibility index (Phi) is 4.51. The van der Waals surface area contributed by atoms with E-state index in [0.717, 1.165) is 31.4 Å². The summed E-state index contributed by atoms with van der Waals surface area (Å²) in [5.74, 6) is 0.0388. The van der Waals surface area contributed by atoms with Crippen LogP contribution in [0, 0.1) is 0 Å². The number of hydrogen-bond acceptors (Lipinski definition) is 3. The minimum absolute atomic E-state index is 0.0388. The van der Waals surface area contributed by atoms with Gasteiger partial charge in [-0.05, 0) is 30.4 Å². The van der Waals surface area contributed by atoms with Gasteiger partial charge in [0.15, 0.2) is 6.10 Å². The molecule has 2 aromatic rings. The standard InChI is InChI=1S/C21H22N2O2/c24-21(19-15-20(25-22-19)17-10-5-2-6-11-17)23-13-7-12-18(23)14-16-8-3-1-4-9-16/h1-6,8-11,18,20H,7,12-15H2/t18-,20-/m1/s1. The molecule has 0 saturated carbocycles. The summed E-state index contributed by atoms with van der Waals surface area (Å²) in [7, 11) is 0. The molecular formula is C21H22N2O2. The highest BCUT2D eigenvalue weighted by Gasteiger charge is 2.35. The molecule has 2 aromatic carbocycles. The maximum Gasteiger partial charge on any atom is 0.272 e. The third kappa shape index (κ3) is 3.43. The van der Waals surface area contributed by atoms with E-state index in [4.69, 9.17) is 4.84 Å². The lowest BCUT2D eigenvalue weighted by molar-refractivity contribution is -0.124. The fourth-order valence-corrected chi connectivity index (χ4v) is 3.72. The second-order valence-corrected chi connectivity index (χ2v) is 6.73. The van der Waals surface area contributed by atoms with Gasteiger partial charge in [-0.25, -0.2) is 0 Å². The topological polar surface area (TPSA) is 41.9 Å². The van der Waals surface area contributed by atoms with Gasteiger partial charge in [0.2, 0.25) is 0 Å². The van der Waals surface area contributed by atoms with Crippen molar-refractivity contribution in [3.63, 3.8) is 0 Å². The van der Waals surface area contributed by atoms with Crippen LogP contribution < -0.4 is 0 Å². The molecule has 2 aliphatic rings. The fourth-order valence-electron chi connectivity index (χ4n) is 3.72. The Hall–Kier alpha value is -2.62. The van der Waals surface area contributed by atoms with Crippen LogP contribution in [-0.4, -0.2) is 29.1 Å². The van der Waals surface area contributed by atoms with Crippen molar-refractivity contribution in [1.82, 2.24) is 4.90 Å². The summed E-state index contributed by atoms with van der Waals surface area (Å²) in [6.07, 6.45) is 3.42. The molecule has 128 valence electrons. The quantitative estimate of drug-likeness (QED) is 0.855. The highest BCUT2D eigenvalue weighted by molar-refractivity contribution is 6.39. The molecule has 0 bridgehead atoms. The molecule has 2 heterocycles. The Balaban J connectivity index is 1.42. The zero-order valence-corrected chi connectivity index (χ0v) is 14.2. The Bertz CT molecular complexity index is 758. The van der Waals surface area contributed by atoms with Gasteiger partial charge in [0, 0.05) is 19.0 Å². The van der Waals surface area contributed by atoms with Gasteiger partial charge in [0.1, 0.15) is 5.71 Å². The molecule has 0 radical (unpaired) electrons. The average Bonchev–Trinajstić information content (AvgIpc) is 3.32. The summed E-state index contributed by atoms with van der Waals surface area (Å²) in [6, 6.07) is 20.6. The molecule has 4 heteroatoms. The van der Waals surface area contributed by atoms with Crippen LogP contribution in [0.25, 0.3) is 0 Å². The lowest BCUT2D eigenvalue weighted by Crippen LogP contribution is -2.40. The second kappa shape index (κ2) is 7.09. The monoisotopic (exact) mass is 334 g/mol. The number of carbonyl (C=O) groups excluding carboxylic acids is 1. The maximum absolute atomic E-state index is 12.9. The first-order chi connectivity index (χ1) is 12.3. The van der Waals surface area contributed by atoms with Crippen molar-refractivity contribution < 1.29 is 9.63 Å². The first-order valence-corrected chi connectivity index (χ1v) is 8.94. The fraction of sp³-hybridized carbons (Fsp3) is 0.333. The van der Waals surface area contributed by atoms with Gasteiger partial charge < -0.3 is 9.74 Å². The van der Waals surface area contributed by atoms with Crippen molar-refractivity contribution in [2.75, 3.05) is 6.54 Å². The van der Waals surface area contributed by atoms with Crippen LogP contribution in [0.2, 0.25) is 0 Å². The first-order valence-electron chi connectivity index (χ1n) is 8.94. The summed E-state index contributed by atoms with van der Waals surface area (Å²) in [4.78, 5) is 20.5. The van der Waals surface area contributed by atoms with E-state index in [2.05, 4.69) is 29.4 Å². The highest BCUT2D eigenvalue weighted by atomic mass is 16.6. The number of benzene rings is 2. The smallest absolute Gasteiger partial charge is 0.272 e.